The summed E-state index contributed by atoms with van der Waals surface area (Å²) in [6, 6.07) is 2.78. The minimum atomic E-state index is -4.79. The van der Waals surface area contributed by atoms with Crippen LogP contribution in [-0.2, 0) is 6.18 Å². The first-order valence-electron chi connectivity index (χ1n) is 5.64. The van der Waals surface area contributed by atoms with E-state index in [2.05, 4.69) is 0 Å². The lowest BCUT2D eigenvalue weighted by molar-refractivity contribution is -0.140. The molecule has 1 saturated heterocycles. The van der Waals surface area contributed by atoms with Crippen molar-refractivity contribution >= 4 is 17.7 Å². The van der Waals surface area contributed by atoms with Crippen LogP contribution in [0.25, 0.3) is 0 Å². The van der Waals surface area contributed by atoms with Gasteiger partial charge in [0.05, 0.1) is 11.1 Å². The maximum Gasteiger partial charge on any atom is 0.419 e. The predicted octanol–water partition coefficient (Wildman–Crippen LogP) is 3.03. The van der Waals surface area contributed by atoms with Gasteiger partial charge in [-0.15, -0.1) is 0 Å². The molecule has 0 atom stereocenters. The minimum absolute atomic E-state index is 0.430. The molecule has 2 nitrogen and oxygen atoms in total. The van der Waals surface area contributed by atoms with Crippen molar-refractivity contribution in [2.75, 3.05) is 24.6 Å². The van der Waals surface area contributed by atoms with Crippen LogP contribution in [0.1, 0.15) is 15.9 Å². The summed E-state index contributed by atoms with van der Waals surface area (Å²) in [5, 5.41) is 0. The number of nitrogens with zero attached hydrogens (tertiary/aromatic N) is 1. The van der Waals surface area contributed by atoms with Gasteiger partial charge in [-0.05, 0) is 12.1 Å². The SMILES string of the molecule is O=C(c1cccc(C(F)(F)F)c1F)N1CCSCC1. The zero-order chi connectivity index (χ0) is 14.0. The molecule has 1 heterocycles. The number of hydrogen-bond acceptors (Lipinski definition) is 2. The van der Waals surface area contributed by atoms with Crippen LogP contribution in [0.15, 0.2) is 18.2 Å². The summed E-state index contributed by atoms with van der Waals surface area (Å²) in [4.78, 5) is 13.4. The van der Waals surface area contributed by atoms with Gasteiger partial charge in [0.2, 0.25) is 0 Å². The van der Waals surface area contributed by atoms with Crippen molar-refractivity contribution in [1.29, 1.82) is 0 Å². The third-order valence-electron chi connectivity index (χ3n) is 2.83. The van der Waals surface area contributed by atoms with Crippen LogP contribution < -0.4 is 0 Å². The molecular weight excluding hydrogens is 282 g/mol. The predicted molar refractivity (Wildman–Crippen MR) is 64.6 cm³/mol. The number of carbonyl (C=O) groups excluding carboxylic acids is 1. The van der Waals surface area contributed by atoms with E-state index in [-0.39, 0.29) is 0 Å². The first-order chi connectivity index (χ1) is 8.91. The molecule has 1 amide bonds. The summed E-state index contributed by atoms with van der Waals surface area (Å²) >= 11 is 1.66. The molecule has 0 N–H and O–H groups in total. The van der Waals surface area contributed by atoms with Crippen LogP contribution in [0.5, 0.6) is 0 Å². The van der Waals surface area contributed by atoms with Crippen LogP contribution in [-0.4, -0.2) is 35.4 Å². The molecule has 0 unspecified atom stereocenters. The Labute approximate surface area is 111 Å². The monoisotopic (exact) mass is 293 g/mol. The summed E-state index contributed by atoms with van der Waals surface area (Å²) in [5.41, 5.74) is -1.91. The van der Waals surface area contributed by atoms with Crippen LogP contribution in [0.2, 0.25) is 0 Å². The fourth-order valence-electron chi connectivity index (χ4n) is 1.85. The van der Waals surface area contributed by atoms with Gasteiger partial charge in [-0.1, -0.05) is 6.07 Å². The van der Waals surface area contributed by atoms with E-state index in [1.165, 1.54) is 4.90 Å². The van der Waals surface area contributed by atoms with Crippen molar-refractivity contribution in [2.24, 2.45) is 0 Å². The van der Waals surface area contributed by atoms with E-state index in [1.807, 2.05) is 0 Å². The quantitative estimate of drug-likeness (QED) is 0.742. The van der Waals surface area contributed by atoms with Gasteiger partial charge < -0.3 is 4.90 Å². The minimum Gasteiger partial charge on any atom is -0.337 e. The summed E-state index contributed by atoms with van der Waals surface area (Å²) in [6.07, 6.45) is -4.79. The summed E-state index contributed by atoms with van der Waals surface area (Å²) < 4.78 is 51.5. The summed E-state index contributed by atoms with van der Waals surface area (Å²) in [6.45, 7) is 0.859. The van der Waals surface area contributed by atoms with Crippen molar-refractivity contribution in [3.05, 3.63) is 35.1 Å². The first-order valence-corrected chi connectivity index (χ1v) is 6.79. The number of alkyl halides is 3. The molecule has 0 bridgehead atoms. The number of thioether (sulfide) groups is 1. The molecule has 1 aromatic carbocycles. The van der Waals surface area contributed by atoms with Gasteiger partial charge in [-0.25, -0.2) is 4.39 Å². The zero-order valence-corrected chi connectivity index (χ0v) is 10.7. The highest BCUT2D eigenvalue weighted by Gasteiger charge is 2.36. The van der Waals surface area contributed by atoms with E-state index in [0.29, 0.717) is 30.7 Å². The standard InChI is InChI=1S/C12H11F4NOS/c13-10-8(2-1-3-9(10)12(14,15)16)11(18)17-4-6-19-7-5-17/h1-3H,4-7H2. The van der Waals surface area contributed by atoms with Gasteiger partial charge in [0.25, 0.3) is 5.91 Å². The molecular formula is C12H11F4NOS. The van der Waals surface area contributed by atoms with Crippen LogP contribution >= 0.6 is 11.8 Å². The third kappa shape index (κ3) is 3.02. The highest BCUT2D eigenvalue weighted by Crippen LogP contribution is 2.32. The topological polar surface area (TPSA) is 20.3 Å². The van der Waals surface area contributed by atoms with Crippen LogP contribution in [0.4, 0.5) is 17.6 Å². The Balaban J connectivity index is 2.32. The lowest BCUT2D eigenvalue weighted by Gasteiger charge is -2.26. The molecule has 1 aliphatic heterocycles. The molecule has 0 spiro atoms. The molecule has 0 aromatic heterocycles. The molecule has 0 saturated carbocycles. The van der Waals surface area contributed by atoms with E-state index < -0.39 is 29.0 Å². The Morgan fingerprint density at radius 3 is 2.42 bits per heavy atom. The second-order valence-electron chi connectivity index (χ2n) is 4.07. The highest BCUT2D eigenvalue weighted by atomic mass is 32.2. The number of halogens is 4. The van der Waals surface area contributed by atoms with Crippen LogP contribution in [0, 0.1) is 5.82 Å². The van der Waals surface area contributed by atoms with E-state index in [0.717, 1.165) is 12.1 Å². The second kappa shape index (κ2) is 5.40. The van der Waals surface area contributed by atoms with Gasteiger partial charge in [0.15, 0.2) is 0 Å². The number of rotatable bonds is 1. The molecule has 7 heteroatoms. The Kier molecular flexibility index (Phi) is 4.03. The number of amides is 1. The lowest BCUT2D eigenvalue weighted by Crippen LogP contribution is -2.38. The fraction of sp³-hybridized carbons (Fsp3) is 0.417. The molecule has 1 aliphatic rings. The van der Waals surface area contributed by atoms with Crippen molar-refractivity contribution in [2.45, 2.75) is 6.18 Å². The molecule has 0 radical (unpaired) electrons. The Morgan fingerprint density at radius 1 is 1.21 bits per heavy atom. The van der Waals surface area contributed by atoms with Crippen molar-refractivity contribution in [1.82, 2.24) is 4.90 Å². The highest BCUT2D eigenvalue weighted by molar-refractivity contribution is 7.99. The van der Waals surface area contributed by atoms with Gasteiger partial charge in [0.1, 0.15) is 5.82 Å². The molecule has 1 fully saturated rings. The van der Waals surface area contributed by atoms with Crippen molar-refractivity contribution in [3.8, 4) is 0 Å². The number of carbonyl (C=O) groups is 1. The largest absolute Gasteiger partial charge is 0.419 e. The molecule has 1 aromatic rings. The normalized spacial score (nSPS) is 16.5. The molecule has 19 heavy (non-hydrogen) atoms. The number of benzene rings is 1. The van der Waals surface area contributed by atoms with Gasteiger partial charge in [-0.2, -0.15) is 24.9 Å². The lowest BCUT2D eigenvalue weighted by atomic mass is 10.1. The van der Waals surface area contributed by atoms with Gasteiger partial charge >= 0.3 is 6.18 Å². The van der Waals surface area contributed by atoms with E-state index >= 15 is 0 Å². The van der Waals surface area contributed by atoms with Crippen molar-refractivity contribution in [3.63, 3.8) is 0 Å². The van der Waals surface area contributed by atoms with E-state index in [1.54, 1.807) is 11.8 Å². The Bertz CT molecular complexity index is 483. The maximum atomic E-state index is 13.8. The summed E-state index contributed by atoms with van der Waals surface area (Å²) in [7, 11) is 0. The van der Waals surface area contributed by atoms with Crippen molar-refractivity contribution < 1.29 is 22.4 Å². The summed E-state index contributed by atoms with van der Waals surface area (Å²) in [5.74, 6) is -0.735. The molecule has 104 valence electrons. The first kappa shape index (κ1) is 14.2. The number of hydrogen-bond donors (Lipinski definition) is 0. The zero-order valence-electron chi connectivity index (χ0n) is 9.84. The fourth-order valence-corrected chi connectivity index (χ4v) is 2.76. The Morgan fingerprint density at radius 2 is 1.84 bits per heavy atom. The molecule has 0 aliphatic carbocycles. The molecule has 2 rings (SSSR count). The van der Waals surface area contributed by atoms with E-state index in [9.17, 15) is 22.4 Å². The van der Waals surface area contributed by atoms with Gasteiger partial charge in [0, 0.05) is 24.6 Å². The average Bonchev–Trinajstić information content (AvgIpc) is 2.38. The van der Waals surface area contributed by atoms with E-state index in [4.69, 9.17) is 0 Å². The smallest absolute Gasteiger partial charge is 0.337 e. The average molecular weight is 293 g/mol. The second-order valence-corrected chi connectivity index (χ2v) is 5.29. The Hall–Kier alpha value is -1.24. The van der Waals surface area contributed by atoms with Crippen LogP contribution in [0.3, 0.4) is 0 Å². The maximum absolute atomic E-state index is 13.8. The van der Waals surface area contributed by atoms with Gasteiger partial charge in [-0.3, -0.25) is 4.79 Å². The third-order valence-corrected chi connectivity index (χ3v) is 3.78.